The molecule has 2 aromatic carbocycles. The van der Waals surface area contributed by atoms with Gasteiger partial charge in [0.2, 0.25) is 0 Å². The lowest BCUT2D eigenvalue weighted by atomic mass is 10.0. The summed E-state index contributed by atoms with van der Waals surface area (Å²) in [4.78, 5) is 9.56. The van der Waals surface area contributed by atoms with Gasteiger partial charge in [0.15, 0.2) is 0 Å². The van der Waals surface area contributed by atoms with Gasteiger partial charge in [0.1, 0.15) is 0 Å². The minimum Gasteiger partial charge on any atom is -0.385 e. The van der Waals surface area contributed by atoms with E-state index < -0.39 is 0 Å². The number of fused-ring (bicyclic) bond motifs is 1. The molecular formula is C25H25N3. The average molecular weight is 367 g/mol. The molecule has 140 valence electrons. The number of benzene rings is 2. The summed E-state index contributed by atoms with van der Waals surface area (Å²) in [5.74, 6) is 0. The summed E-state index contributed by atoms with van der Waals surface area (Å²) in [6.07, 6.45) is 2.91. The first kappa shape index (κ1) is 18.2. The van der Waals surface area contributed by atoms with Gasteiger partial charge >= 0.3 is 0 Å². The molecule has 0 amide bonds. The van der Waals surface area contributed by atoms with Crippen molar-refractivity contribution >= 4 is 16.6 Å². The number of aryl methyl sites for hydroxylation is 2. The van der Waals surface area contributed by atoms with Crippen molar-refractivity contribution in [2.75, 3.05) is 11.9 Å². The molecule has 4 rings (SSSR count). The van der Waals surface area contributed by atoms with Crippen LogP contribution >= 0.6 is 0 Å². The summed E-state index contributed by atoms with van der Waals surface area (Å²) in [6, 6.07) is 21.3. The molecule has 0 fully saturated rings. The first-order valence-electron chi connectivity index (χ1n) is 9.89. The highest BCUT2D eigenvalue weighted by Crippen LogP contribution is 2.27. The molecule has 0 radical (unpaired) electrons. The van der Waals surface area contributed by atoms with Crippen molar-refractivity contribution in [3.63, 3.8) is 0 Å². The van der Waals surface area contributed by atoms with E-state index in [1.165, 1.54) is 16.5 Å². The lowest BCUT2D eigenvalue weighted by molar-refractivity contribution is 1.14. The quantitative estimate of drug-likeness (QED) is 0.452. The topological polar surface area (TPSA) is 37.8 Å². The van der Waals surface area contributed by atoms with E-state index >= 15 is 0 Å². The molecule has 0 saturated heterocycles. The van der Waals surface area contributed by atoms with E-state index in [9.17, 15) is 0 Å². The van der Waals surface area contributed by atoms with Crippen LogP contribution in [0.1, 0.15) is 25.0 Å². The second kappa shape index (κ2) is 7.81. The van der Waals surface area contributed by atoms with Crippen LogP contribution in [0.4, 0.5) is 5.69 Å². The molecule has 3 nitrogen and oxygen atoms in total. The van der Waals surface area contributed by atoms with Crippen molar-refractivity contribution in [3.05, 3.63) is 78.0 Å². The highest BCUT2D eigenvalue weighted by molar-refractivity contribution is 5.85. The van der Waals surface area contributed by atoms with E-state index in [2.05, 4.69) is 86.8 Å². The van der Waals surface area contributed by atoms with Gasteiger partial charge in [-0.3, -0.25) is 4.98 Å². The van der Waals surface area contributed by atoms with Crippen LogP contribution in [0.15, 0.2) is 66.9 Å². The third-order valence-electron chi connectivity index (χ3n) is 5.06. The number of anilines is 1. The van der Waals surface area contributed by atoms with Crippen LogP contribution in [0.2, 0.25) is 0 Å². The molecule has 4 aromatic rings. The van der Waals surface area contributed by atoms with Crippen LogP contribution in [-0.2, 0) is 6.42 Å². The molecule has 0 unspecified atom stereocenters. The summed E-state index contributed by atoms with van der Waals surface area (Å²) < 4.78 is 0. The van der Waals surface area contributed by atoms with Crippen LogP contribution < -0.4 is 5.32 Å². The number of hydrogen-bond donors (Lipinski definition) is 1. The van der Waals surface area contributed by atoms with Crippen LogP contribution in [0, 0.1) is 6.92 Å². The van der Waals surface area contributed by atoms with E-state index in [4.69, 9.17) is 9.97 Å². The van der Waals surface area contributed by atoms with Gasteiger partial charge in [-0.25, -0.2) is 4.98 Å². The molecule has 1 N–H and O–H groups in total. The molecule has 0 aliphatic carbocycles. The smallest absolute Gasteiger partial charge is 0.0896 e. The monoisotopic (exact) mass is 367 g/mol. The van der Waals surface area contributed by atoms with Crippen molar-refractivity contribution in [1.29, 1.82) is 0 Å². The Bertz CT molecular complexity index is 1100. The third kappa shape index (κ3) is 3.61. The largest absolute Gasteiger partial charge is 0.385 e. The van der Waals surface area contributed by atoms with Crippen molar-refractivity contribution in [1.82, 2.24) is 9.97 Å². The Morgan fingerprint density at radius 1 is 0.821 bits per heavy atom. The number of rotatable bonds is 5. The average Bonchev–Trinajstić information content (AvgIpc) is 2.74. The van der Waals surface area contributed by atoms with Gasteiger partial charge in [0, 0.05) is 29.4 Å². The Hall–Kier alpha value is -3.20. The maximum atomic E-state index is 4.86. The van der Waals surface area contributed by atoms with Gasteiger partial charge in [-0.15, -0.1) is 0 Å². The molecule has 2 aromatic heterocycles. The zero-order valence-electron chi connectivity index (χ0n) is 16.7. The Morgan fingerprint density at radius 2 is 1.61 bits per heavy atom. The first-order chi connectivity index (χ1) is 13.7. The fraction of sp³-hybridized carbons (Fsp3) is 0.200. The van der Waals surface area contributed by atoms with Gasteiger partial charge in [-0.05, 0) is 67.8 Å². The van der Waals surface area contributed by atoms with Gasteiger partial charge in [-0.1, -0.05) is 36.8 Å². The SMILES string of the molecule is CCNc1ccc(-c2ccc(-c3cc(CC)c4cc(C)ccc4n3)nc2)cc1. The molecule has 0 spiro atoms. The van der Waals surface area contributed by atoms with Gasteiger partial charge in [0.05, 0.1) is 16.9 Å². The van der Waals surface area contributed by atoms with Crippen molar-refractivity contribution < 1.29 is 0 Å². The molecule has 0 atom stereocenters. The van der Waals surface area contributed by atoms with E-state index in [1.54, 1.807) is 0 Å². The van der Waals surface area contributed by atoms with Gasteiger partial charge < -0.3 is 5.32 Å². The van der Waals surface area contributed by atoms with Crippen LogP contribution in [0.5, 0.6) is 0 Å². The Morgan fingerprint density at radius 3 is 2.29 bits per heavy atom. The highest BCUT2D eigenvalue weighted by atomic mass is 14.8. The molecule has 0 aliphatic rings. The summed E-state index contributed by atoms with van der Waals surface area (Å²) >= 11 is 0. The molecule has 0 saturated carbocycles. The van der Waals surface area contributed by atoms with Gasteiger partial charge in [0.25, 0.3) is 0 Å². The maximum Gasteiger partial charge on any atom is 0.0896 e. The Balaban J connectivity index is 1.67. The normalized spacial score (nSPS) is 11.0. The fourth-order valence-corrected chi connectivity index (χ4v) is 3.53. The molecule has 0 aliphatic heterocycles. The fourth-order valence-electron chi connectivity index (χ4n) is 3.53. The maximum absolute atomic E-state index is 4.86. The standard InChI is InChI=1S/C25H25N3/c1-4-18-15-25(28-23-12-6-17(3)14-22(18)23)24-13-9-20(16-27-24)19-7-10-21(11-8-19)26-5-2/h6-16,26H,4-5H2,1-3H3. The van der Waals surface area contributed by atoms with E-state index in [0.717, 1.165) is 46.7 Å². The second-order valence-electron chi connectivity index (χ2n) is 7.08. The summed E-state index contributed by atoms with van der Waals surface area (Å²) in [7, 11) is 0. The Kier molecular flexibility index (Phi) is 5.07. The van der Waals surface area contributed by atoms with Crippen LogP contribution in [0.3, 0.4) is 0 Å². The lowest BCUT2D eigenvalue weighted by Gasteiger charge is -2.10. The highest BCUT2D eigenvalue weighted by Gasteiger charge is 2.09. The number of aromatic nitrogens is 2. The Labute approximate surface area is 166 Å². The van der Waals surface area contributed by atoms with Crippen molar-refractivity contribution in [2.45, 2.75) is 27.2 Å². The van der Waals surface area contributed by atoms with Crippen molar-refractivity contribution in [2.24, 2.45) is 0 Å². The molecule has 3 heteroatoms. The predicted octanol–water partition coefficient (Wildman–Crippen LogP) is 6.27. The lowest BCUT2D eigenvalue weighted by Crippen LogP contribution is -1.95. The zero-order valence-corrected chi connectivity index (χ0v) is 16.7. The third-order valence-corrected chi connectivity index (χ3v) is 5.06. The number of hydrogen-bond acceptors (Lipinski definition) is 3. The van der Waals surface area contributed by atoms with E-state index in [1.807, 2.05) is 6.20 Å². The molecule has 0 bridgehead atoms. The minimum absolute atomic E-state index is 0.908. The first-order valence-corrected chi connectivity index (χ1v) is 9.89. The van der Waals surface area contributed by atoms with E-state index in [-0.39, 0.29) is 0 Å². The van der Waals surface area contributed by atoms with Crippen LogP contribution in [-0.4, -0.2) is 16.5 Å². The minimum atomic E-state index is 0.908. The second-order valence-corrected chi connectivity index (χ2v) is 7.08. The zero-order chi connectivity index (χ0) is 19.5. The number of nitrogens with one attached hydrogen (secondary N) is 1. The van der Waals surface area contributed by atoms with Gasteiger partial charge in [-0.2, -0.15) is 0 Å². The summed E-state index contributed by atoms with van der Waals surface area (Å²) in [6.45, 7) is 7.34. The van der Waals surface area contributed by atoms with Crippen molar-refractivity contribution in [3.8, 4) is 22.5 Å². The molecule has 28 heavy (non-hydrogen) atoms. The summed E-state index contributed by atoms with van der Waals surface area (Å²) in [5.41, 5.74) is 8.86. The number of nitrogens with zero attached hydrogens (tertiary/aromatic N) is 2. The number of pyridine rings is 2. The molecule has 2 heterocycles. The predicted molar refractivity (Wildman–Crippen MR) is 119 cm³/mol. The molecular weight excluding hydrogens is 342 g/mol. The van der Waals surface area contributed by atoms with E-state index in [0.29, 0.717) is 0 Å². The van der Waals surface area contributed by atoms with Crippen LogP contribution in [0.25, 0.3) is 33.4 Å². The summed E-state index contributed by atoms with van der Waals surface area (Å²) in [5, 5.41) is 4.56.